The van der Waals surface area contributed by atoms with Crippen LogP contribution >= 0.6 is 11.3 Å². The summed E-state index contributed by atoms with van der Waals surface area (Å²) in [6.45, 7) is 10.8. The van der Waals surface area contributed by atoms with E-state index in [2.05, 4.69) is 17.2 Å². The first-order chi connectivity index (χ1) is 9.90. The summed E-state index contributed by atoms with van der Waals surface area (Å²) in [7, 11) is 0. The van der Waals surface area contributed by atoms with E-state index in [1.54, 1.807) is 11.3 Å². The van der Waals surface area contributed by atoms with Gasteiger partial charge in [0.2, 0.25) is 5.91 Å². The van der Waals surface area contributed by atoms with Gasteiger partial charge in [-0.05, 0) is 19.3 Å². The Kier molecular flexibility index (Phi) is 5.38. The van der Waals surface area contributed by atoms with Crippen LogP contribution in [0.2, 0.25) is 0 Å². The summed E-state index contributed by atoms with van der Waals surface area (Å²) >= 11 is 1.79. The number of thiazole rings is 1. The second kappa shape index (κ2) is 6.88. The maximum absolute atomic E-state index is 12.2. The number of aryl methyl sites for hydroxylation is 1. The van der Waals surface area contributed by atoms with E-state index in [1.807, 2.05) is 31.9 Å². The third kappa shape index (κ3) is 4.51. The molecular formula is C16H27N3OS. The lowest BCUT2D eigenvalue weighted by Gasteiger charge is -2.36. The minimum Gasteiger partial charge on any atom is -0.342 e. The molecule has 1 N–H and O–H groups in total. The van der Waals surface area contributed by atoms with Crippen LogP contribution in [0.3, 0.4) is 0 Å². The maximum Gasteiger partial charge on any atom is 0.227 e. The Balaban J connectivity index is 1.75. The van der Waals surface area contributed by atoms with Crippen LogP contribution in [0.4, 0.5) is 0 Å². The van der Waals surface area contributed by atoms with Gasteiger partial charge in [0.1, 0.15) is 0 Å². The number of nitrogens with one attached hydrogen (secondary N) is 1. The molecular weight excluding hydrogens is 282 g/mol. The predicted octanol–water partition coefficient (Wildman–Crippen LogP) is 2.83. The van der Waals surface area contributed by atoms with Gasteiger partial charge in [-0.1, -0.05) is 27.7 Å². The maximum atomic E-state index is 12.2. The molecule has 1 amide bonds. The first-order valence-corrected chi connectivity index (χ1v) is 8.68. The van der Waals surface area contributed by atoms with Crippen molar-refractivity contribution in [3.05, 3.63) is 16.1 Å². The highest BCUT2D eigenvalue weighted by Gasteiger charge is 2.30. The van der Waals surface area contributed by atoms with Gasteiger partial charge in [-0.2, -0.15) is 0 Å². The fourth-order valence-corrected chi connectivity index (χ4v) is 3.41. The summed E-state index contributed by atoms with van der Waals surface area (Å²) in [5.41, 5.74) is -0.264. The van der Waals surface area contributed by atoms with Gasteiger partial charge in [-0.3, -0.25) is 4.79 Å². The second-order valence-electron chi connectivity index (χ2n) is 6.77. The Hall–Kier alpha value is -0.940. The summed E-state index contributed by atoms with van der Waals surface area (Å²) in [5.74, 6) is 0.274. The number of nitrogens with zero attached hydrogens (tertiary/aromatic N) is 2. The lowest BCUT2D eigenvalue weighted by Crippen LogP contribution is -2.48. The first-order valence-electron chi connectivity index (χ1n) is 7.86. The van der Waals surface area contributed by atoms with Crippen LogP contribution in [0.25, 0.3) is 0 Å². The molecule has 0 unspecified atom stereocenters. The van der Waals surface area contributed by atoms with E-state index >= 15 is 0 Å². The quantitative estimate of drug-likeness (QED) is 0.930. The van der Waals surface area contributed by atoms with Gasteiger partial charge in [0, 0.05) is 42.2 Å². The van der Waals surface area contributed by atoms with Crippen LogP contribution in [0.1, 0.15) is 50.4 Å². The molecule has 0 saturated carbocycles. The van der Waals surface area contributed by atoms with Crippen LogP contribution < -0.4 is 5.32 Å². The third-order valence-electron chi connectivity index (χ3n) is 3.89. The topological polar surface area (TPSA) is 45.2 Å². The van der Waals surface area contributed by atoms with Gasteiger partial charge >= 0.3 is 0 Å². The van der Waals surface area contributed by atoms with E-state index in [9.17, 15) is 4.79 Å². The molecule has 1 saturated heterocycles. The monoisotopic (exact) mass is 309 g/mol. The number of amides is 1. The van der Waals surface area contributed by atoms with Gasteiger partial charge in [0.25, 0.3) is 0 Å². The van der Waals surface area contributed by atoms with Gasteiger partial charge in [-0.25, -0.2) is 4.98 Å². The summed E-state index contributed by atoms with van der Waals surface area (Å²) in [4.78, 5) is 19.9. The smallest absolute Gasteiger partial charge is 0.227 e. The van der Waals surface area contributed by atoms with E-state index in [0.29, 0.717) is 6.04 Å². The minimum absolute atomic E-state index is 0.264. The van der Waals surface area contributed by atoms with E-state index < -0.39 is 0 Å². The number of rotatable bonds is 4. The molecule has 1 aromatic rings. The Morgan fingerprint density at radius 3 is 2.62 bits per heavy atom. The Bertz CT molecular complexity index is 470. The number of hydrogen-bond donors (Lipinski definition) is 1. The highest BCUT2D eigenvalue weighted by Crippen LogP contribution is 2.21. The molecule has 0 aromatic carbocycles. The molecule has 5 heteroatoms. The molecule has 0 radical (unpaired) electrons. The number of carbonyl (C=O) groups is 1. The summed E-state index contributed by atoms with van der Waals surface area (Å²) in [5, 5.41) is 4.81. The van der Waals surface area contributed by atoms with Crippen LogP contribution in [-0.2, 0) is 17.8 Å². The lowest BCUT2D eigenvalue weighted by atomic mass is 9.93. The molecule has 1 aromatic heterocycles. The largest absolute Gasteiger partial charge is 0.342 e. The number of likely N-dealkylation sites (tertiary alicyclic amines) is 1. The zero-order valence-electron chi connectivity index (χ0n) is 13.6. The summed E-state index contributed by atoms with van der Waals surface area (Å²) in [6.07, 6.45) is 5.08. The second-order valence-corrected chi connectivity index (χ2v) is 7.97. The highest BCUT2D eigenvalue weighted by molar-refractivity contribution is 7.11. The molecule has 0 aliphatic carbocycles. The molecule has 0 bridgehead atoms. The van der Waals surface area contributed by atoms with Gasteiger partial charge < -0.3 is 10.2 Å². The van der Waals surface area contributed by atoms with Crippen molar-refractivity contribution in [3.63, 3.8) is 0 Å². The molecule has 21 heavy (non-hydrogen) atoms. The third-order valence-corrected chi connectivity index (χ3v) is 5.03. The van der Waals surface area contributed by atoms with E-state index in [1.165, 1.54) is 9.88 Å². The molecule has 0 atom stereocenters. The van der Waals surface area contributed by atoms with E-state index in [4.69, 9.17) is 0 Å². The van der Waals surface area contributed by atoms with Gasteiger partial charge in [0.15, 0.2) is 0 Å². The molecule has 1 aliphatic heterocycles. The number of hydrogen-bond acceptors (Lipinski definition) is 4. The van der Waals surface area contributed by atoms with Crippen molar-refractivity contribution in [1.29, 1.82) is 0 Å². The van der Waals surface area contributed by atoms with Crippen molar-refractivity contribution in [2.45, 2.75) is 59.5 Å². The molecule has 0 spiro atoms. The zero-order valence-corrected chi connectivity index (χ0v) is 14.4. The van der Waals surface area contributed by atoms with Crippen molar-refractivity contribution in [2.24, 2.45) is 5.41 Å². The van der Waals surface area contributed by atoms with Crippen LogP contribution in [-0.4, -0.2) is 34.9 Å². The molecule has 1 aliphatic rings. The van der Waals surface area contributed by atoms with Crippen LogP contribution in [0.15, 0.2) is 6.20 Å². The SMILES string of the molecule is CCc1ncc(CNC2CCN(C(=O)C(C)(C)C)CC2)s1. The van der Waals surface area contributed by atoms with Crippen molar-refractivity contribution in [2.75, 3.05) is 13.1 Å². The fraction of sp³-hybridized carbons (Fsp3) is 0.750. The predicted molar refractivity (Wildman–Crippen MR) is 87.4 cm³/mol. The van der Waals surface area contributed by atoms with Crippen LogP contribution in [0.5, 0.6) is 0 Å². The number of piperidine rings is 1. The highest BCUT2D eigenvalue weighted by atomic mass is 32.1. The van der Waals surface area contributed by atoms with Gasteiger partial charge in [0.05, 0.1) is 5.01 Å². The molecule has 118 valence electrons. The minimum atomic E-state index is -0.264. The number of aromatic nitrogens is 1. The molecule has 2 heterocycles. The Morgan fingerprint density at radius 1 is 1.43 bits per heavy atom. The first kappa shape index (κ1) is 16.4. The normalized spacial score (nSPS) is 17.2. The Labute approximate surface area is 132 Å². The van der Waals surface area contributed by atoms with Crippen molar-refractivity contribution in [3.8, 4) is 0 Å². The molecule has 4 nitrogen and oxygen atoms in total. The average Bonchev–Trinajstić information content (AvgIpc) is 2.92. The lowest BCUT2D eigenvalue weighted by molar-refractivity contribution is -0.140. The van der Waals surface area contributed by atoms with Crippen molar-refractivity contribution < 1.29 is 4.79 Å². The molecule has 2 rings (SSSR count). The molecule has 1 fully saturated rings. The summed E-state index contributed by atoms with van der Waals surface area (Å²) in [6, 6.07) is 0.515. The summed E-state index contributed by atoms with van der Waals surface area (Å²) < 4.78 is 0. The Morgan fingerprint density at radius 2 is 2.10 bits per heavy atom. The standard InChI is InChI=1S/C16H27N3OS/c1-5-14-18-11-13(21-14)10-17-12-6-8-19(9-7-12)15(20)16(2,3)4/h11-12,17H,5-10H2,1-4H3. The van der Waals surface area contributed by atoms with E-state index in [-0.39, 0.29) is 11.3 Å². The fourth-order valence-electron chi connectivity index (χ4n) is 2.60. The van der Waals surface area contributed by atoms with Crippen molar-refractivity contribution in [1.82, 2.24) is 15.2 Å². The van der Waals surface area contributed by atoms with Crippen molar-refractivity contribution >= 4 is 17.2 Å². The number of carbonyl (C=O) groups excluding carboxylic acids is 1. The van der Waals surface area contributed by atoms with Gasteiger partial charge in [-0.15, -0.1) is 11.3 Å². The zero-order chi connectivity index (χ0) is 15.5. The van der Waals surface area contributed by atoms with Crippen LogP contribution in [0, 0.1) is 5.41 Å². The average molecular weight is 309 g/mol. The van der Waals surface area contributed by atoms with E-state index in [0.717, 1.165) is 38.9 Å².